The van der Waals surface area contributed by atoms with Gasteiger partial charge >= 0.3 is 5.97 Å². The molecule has 0 aliphatic heterocycles. The molecule has 0 heterocycles. The molecular weight excluding hydrogens is 204 g/mol. The maximum Gasteiger partial charge on any atom is 0.323 e. The fourth-order valence-corrected chi connectivity index (χ4v) is 1.54. The van der Waals surface area contributed by atoms with Crippen molar-refractivity contribution in [1.82, 2.24) is 10.2 Å². The van der Waals surface area contributed by atoms with E-state index < -0.39 is 11.5 Å². The summed E-state index contributed by atoms with van der Waals surface area (Å²) in [5.41, 5.74) is -0.836. The van der Waals surface area contributed by atoms with Crippen LogP contribution in [0, 0.1) is 0 Å². The fraction of sp³-hybridized carbons (Fsp3) is 0.917. The van der Waals surface area contributed by atoms with Gasteiger partial charge in [-0.25, -0.2) is 0 Å². The highest BCUT2D eigenvalue weighted by Gasteiger charge is 2.33. The van der Waals surface area contributed by atoms with Gasteiger partial charge in [0.2, 0.25) is 0 Å². The van der Waals surface area contributed by atoms with Crippen LogP contribution in [0.1, 0.15) is 41.0 Å². The quantitative estimate of drug-likeness (QED) is 0.697. The predicted molar refractivity (Wildman–Crippen MR) is 66.7 cm³/mol. The average molecular weight is 230 g/mol. The maximum atomic E-state index is 11.3. The van der Waals surface area contributed by atoms with Gasteiger partial charge in [-0.1, -0.05) is 0 Å². The Labute approximate surface area is 99.0 Å². The van der Waals surface area contributed by atoms with Crippen molar-refractivity contribution in [3.8, 4) is 0 Å². The van der Waals surface area contributed by atoms with Crippen LogP contribution in [0.15, 0.2) is 0 Å². The lowest BCUT2D eigenvalue weighted by Crippen LogP contribution is -2.54. The van der Waals surface area contributed by atoms with E-state index in [1.807, 2.05) is 20.9 Å². The summed E-state index contributed by atoms with van der Waals surface area (Å²) in [6.07, 6.45) is 0.606. The van der Waals surface area contributed by atoms with Crippen molar-refractivity contribution in [2.75, 3.05) is 13.6 Å². The predicted octanol–water partition coefficient (Wildman–Crippen LogP) is 1.56. The van der Waals surface area contributed by atoms with Crippen molar-refractivity contribution < 1.29 is 9.90 Å². The van der Waals surface area contributed by atoms with Crippen molar-refractivity contribution in [2.24, 2.45) is 0 Å². The zero-order chi connectivity index (χ0) is 12.9. The first-order valence-corrected chi connectivity index (χ1v) is 5.90. The maximum absolute atomic E-state index is 11.3. The Hall–Kier alpha value is -0.610. The molecule has 0 radical (unpaired) electrons. The highest BCUT2D eigenvalue weighted by atomic mass is 16.4. The monoisotopic (exact) mass is 230 g/mol. The van der Waals surface area contributed by atoms with E-state index in [-0.39, 0.29) is 6.04 Å². The van der Waals surface area contributed by atoms with E-state index in [0.29, 0.717) is 12.5 Å². The summed E-state index contributed by atoms with van der Waals surface area (Å²) in [6.45, 7) is 10.7. The second-order valence-corrected chi connectivity index (χ2v) is 5.26. The van der Waals surface area contributed by atoms with Crippen molar-refractivity contribution >= 4 is 5.97 Å². The number of hydrogen-bond donors (Lipinski definition) is 2. The molecule has 0 spiro atoms. The van der Waals surface area contributed by atoms with E-state index in [0.717, 1.165) is 6.54 Å². The normalized spacial score (nSPS) is 15.8. The van der Waals surface area contributed by atoms with Crippen molar-refractivity contribution in [3.63, 3.8) is 0 Å². The van der Waals surface area contributed by atoms with Gasteiger partial charge in [-0.3, -0.25) is 10.1 Å². The SMILES string of the molecule is CC(C)NC(C)(CCN(C)C(C)C)C(=O)O. The Morgan fingerprint density at radius 1 is 1.38 bits per heavy atom. The lowest BCUT2D eigenvalue weighted by atomic mass is 9.96. The van der Waals surface area contributed by atoms with Crippen LogP contribution < -0.4 is 5.32 Å². The van der Waals surface area contributed by atoms with Gasteiger partial charge in [-0.15, -0.1) is 0 Å². The minimum Gasteiger partial charge on any atom is -0.480 e. The lowest BCUT2D eigenvalue weighted by molar-refractivity contribution is -0.145. The summed E-state index contributed by atoms with van der Waals surface area (Å²) in [5.74, 6) is -0.779. The van der Waals surface area contributed by atoms with Crippen molar-refractivity contribution in [1.29, 1.82) is 0 Å². The summed E-state index contributed by atoms with van der Waals surface area (Å²) in [4.78, 5) is 13.4. The van der Waals surface area contributed by atoms with Gasteiger partial charge in [0, 0.05) is 18.6 Å². The van der Waals surface area contributed by atoms with E-state index >= 15 is 0 Å². The highest BCUT2D eigenvalue weighted by Crippen LogP contribution is 2.13. The molecule has 4 heteroatoms. The van der Waals surface area contributed by atoms with Gasteiger partial charge < -0.3 is 10.0 Å². The summed E-state index contributed by atoms with van der Waals surface area (Å²) in [5, 5.41) is 12.4. The second-order valence-electron chi connectivity index (χ2n) is 5.26. The first-order chi connectivity index (χ1) is 7.19. The first kappa shape index (κ1) is 15.4. The zero-order valence-corrected chi connectivity index (χ0v) is 11.4. The van der Waals surface area contributed by atoms with Crippen LogP contribution in [-0.4, -0.2) is 47.2 Å². The minimum atomic E-state index is -0.836. The standard InChI is InChI=1S/C12H26N2O2/c1-9(2)13-12(5,11(15)16)7-8-14(6)10(3)4/h9-10,13H,7-8H2,1-6H3,(H,15,16). The molecule has 0 saturated carbocycles. The molecule has 96 valence electrons. The molecule has 0 fully saturated rings. The molecule has 1 unspecified atom stereocenters. The molecule has 16 heavy (non-hydrogen) atoms. The molecule has 0 aromatic heterocycles. The highest BCUT2D eigenvalue weighted by molar-refractivity contribution is 5.78. The molecule has 1 atom stereocenters. The Balaban J connectivity index is 4.40. The Morgan fingerprint density at radius 3 is 2.19 bits per heavy atom. The topological polar surface area (TPSA) is 52.6 Å². The minimum absolute atomic E-state index is 0.172. The number of nitrogens with zero attached hydrogens (tertiary/aromatic N) is 1. The van der Waals surface area contributed by atoms with Gasteiger partial charge in [-0.05, 0) is 48.1 Å². The molecule has 0 aliphatic rings. The third-order valence-electron chi connectivity index (χ3n) is 2.93. The smallest absolute Gasteiger partial charge is 0.323 e. The molecule has 0 amide bonds. The Kier molecular flexibility index (Phi) is 5.97. The van der Waals surface area contributed by atoms with Gasteiger partial charge in [0.15, 0.2) is 0 Å². The Morgan fingerprint density at radius 2 is 1.88 bits per heavy atom. The molecule has 0 rings (SSSR count). The number of aliphatic carboxylic acids is 1. The van der Waals surface area contributed by atoms with Gasteiger partial charge in [0.1, 0.15) is 5.54 Å². The van der Waals surface area contributed by atoms with Crippen LogP contribution in [0.5, 0.6) is 0 Å². The molecule has 0 saturated heterocycles. The number of nitrogens with one attached hydrogen (secondary N) is 1. The van der Waals surface area contributed by atoms with Crippen molar-refractivity contribution in [3.05, 3.63) is 0 Å². The molecular formula is C12H26N2O2. The van der Waals surface area contributed by atoms with Gasteiger partial charge in [0.05, 0.1) is 0 Å². The number of hydrogen-bond acceptors (Lipinski definition) is 3. The van der Waals surface area contributed by atoms with Crippen LogP contribution in [0.3, 0.4) is 0 Å². The van der Waals surface area contributed by atoms with Gasteiger partial charge in [0.25, 0.3) is 0 Å². The average Bonchev–Trinajstić information content (AvgIpc) is 2.12. The number of carboxylic acids is 1. The zero-order valence-electron chi connectivity index (χ0n) is 11.4. The fourth-order valence-electron chi connectivity index (χ4n) is 1.54. The summed E-state index contributed by atoms with van der Waals surface area (Å²) in [6, 6.07) is 0.613. The number of carbonyl (C=O) groups is 1. The van der Waals surface area contributed by atoms with E-state index in [2.05, 4.69) is 24.1 Å². The van der Waals surface area contributed by atoms with E-state index in [9.17, 15) is 9.90 Å². The van der Waals surface area contributed by atoms with Crippen LogP contribution >= 0.6 is 0 Å². The summed E-state index contributed by atoms with van der Waals surface area (Å²) < 4.78 is 0. The van der Waals surface area contributed by atoms with Crippen LogP contribution in [0.4, 0.5) is 0 Å². The van der Waals surface area contributed by atoms with Crippen LogP contribution in [0.25, 0.3) is 0 Å². The first-order valence-electron chi connectivity index (χ1n) is 5.90. The van der Waals surface area contributed by atoms with E-state index in [4.69, 9.17) is 0 Å². The van der Waals surface area contributed by atoms with Gasteiger partial charge in [-0.2, -0.15) is 0 Å². The lowest BCUT2D eigenvalue weighted by Gasteiger charge is -2.31. The second kappa shape index (κ2) is 6.21. The summed E-state index contributed by atoms with van der Waals surface area (Å²) in [7, 11) is 2.02. The number of carboxylic acid groups (broad SMARTS) is 1. The molecule has 0 aromatic rings. The molecule has 0 aromatic carbocycles. The van der Waals surface area contributed by atoms with Crippen molar-refractivity contribution in [2.45, 2.75) is 58.7 Å². The van der Waals surface area contributed by atoms with E-state index in [1.54, 1.807) is 6.92 Å². The molecule has 0 aliphatic carbocycles. The van der Waals surface area contributed by atoms with Crippen LogP contribution in [-0.2, 0) is 4.79 Å². The largest absolute Gasteiger partial charge is 0.480 e. The molecule has 2 N–H and O–H groups in total. The third-order valence-corrected chi connectivity index (χ3v) is 2.93. The van der Waals surface area contributed by atoms with Crippen LogP contribution in [0.2, 0.25) is 0 Å². The Bertz CT molecular complexity index is 229. The third kappa shape index (κ3) is 4.94. The molecule has 4 nitrogen and oxygen atoms in total. The molecule has 0 bridgehead atoms. The van der Waals surface area contributed by atoms with E-state index in [1.165, 1.54) is 0 Å². The summed E-state index contributed by atoms with van der Waals surface area (Å²) >= 11 is 0. The number of rotatable bonds is 7.